The highest BCUT2D eigenvalue weighted by Gasteiger charge is 2.30. The van der Waals surface area contributed by atoms with Gasteiger partial charge in [0.05, 0.1) is 0 Å². The van der Waals surface area contributed by atoms with Gasteiger partial charge in [0, 0.05) is 25.2 Å². The van der Waals surface area contributed by atoms with Crippen LogP contribution in [-0.4, -0.2) is 30.6 Å². The normalized spacial score (nSPS) is 16.7. The minimum atomic E-state index is 0.464. The predicted molar refractivity (Wildman–Crippen MR) is 88.4 cm³/mol. The molecule has 2 heteroatoms. The van der Waals surface area contributed by atoms with E-state index in [9.17, 15) is 0 Å². The van der Waals surface area contributed by atoms with Gasteiger partial charge in [0.2, 0.25) is 0 Å². The lowest BCUT2D eigenvalue weighted by Crippen LogP contribution is -2.58. The molecule has 1 fully saturated rings. The molecule has 1 atom stereocenters. The molecule has 1 aliphatic heterocycles. The fraction of sp³-hybridized carbons (Fsp3) is 0.368. The zero-order valence-electron chi connectivity index (χ0n) is 12.7. The van der Waals surface area contributed by atoms with Crippen LogP contribution in [0.15, 0.2) is 60.7 Å². The topological polar surface area (TPSA) is 15.3 Å². The molecule has 0 spiro atoms. The molecule has 2 aromatic rings. The van der Waals surface area contributed by atoms with Gasteiger partial charge in [-0.3, -0.25) is 4.90 Å². The third-order valence-corrected chi connectivity index (χ3v) is 4.45. The molecule has 0 aromatic heterocycles. The SMILES string of the molecule is CCN(C1CNC1)C(Cc1ccccc1)c1ccccc1. The van der Waals surface area contributed by atoms with Gasteiger partial charge >= 0.3 is 0 Å². The molecule has 0 bridgehead atoms. The van der Waals surface area contributed by atoms with E-state index in [1.54, 1.807) is 0 Å². The van der Waals surface area contributed by atoms with Crippen molar-refractivity contribution < 1.29 is 0 Å². The van der Waals surface area contributed by atoms with Gasteiger partial charge in [0.15, 0.2) is 0 Å². The Morgan fingerprint density at radius 2 is 1.62 bits per heavy atom. The van der Waals surface area contributed by atoms with Crippen LogP contribution in [0.2, 0.25) is 0 Å². The summed E-state index contributed by atoms with van der Waals surface area (Å²) in [7, 11) is 0. The van der Waals surface area contributed by atoms with Crippen molar-refractivity contribution >= 4 is 0 Å². The Morgan fingerprint density at radius 1 is 1.00 bits per heavy atom. The van der Waals surface area contributed by atoms with Crippen molar-refractivity contribution in [2.75, 3.05) is 19.6 Å². The van der Waals surface area contributed by atoms with E-state index in [0.29, 0.717) is 12.1 Å². The summed E-state index contributed by atoms with van der Waals surface area (Å²) >= 11 is 0. The summed E-state index contributed by atoms with van der Waals surface area (Å²) in [5, 5.41) is 3.40. The van der Waals surface area contributed by atoms with Crippen LogP contribution < -0.4 is 5.32 Å². The Morgan fingerprint density at radius 3 is 2.14 bits per heavy atom. The fourth-order valence-corrected chi connectivity index (χ4v) is 3.18. The highest BCUT2D eigenvalue weighted by molar-refractivity contribution is 5.24. The van der Waals surface area contributed by atoms with E-state index in [-0.39, 0.29) is 0 Å². The average molecular weight is 280 g/mol. The minimum Gasteiger partial charge on any atom is -0.314 e. The van der Waals surface area contributed by atoms with Gasteiger partial charge < -0.3 is 5.32 Å². The number of hydrogen-bond acceptors (Lipinski definition) is 2. The van der Waals surface area contributed by atoms with Crippen LogP contribution in [0.3, 0.4) is 0 Å². The predicted octanol–water partition coefficient (Wildman–Crippen LogP) is 3.26. The van der Waals surface area contributed by atoms with Gasteiger partial charge in [-0.2, -0.15) is 0 Å². The van der Waals surface area contributed by atoms with E-state index in [4.69, 9.17) is 0 Å². The van der Waals surface area contributed by atoms with Gasteiger partial charge in [-0.05, 0) is 24.1 Å². The molecule has 21 heavy (non-hydrogen) atoms. The molecule has 1 N–H and O–H groups in total. The summed E-state index contributed by atoms with van der Waals surface area (Å²) < 4.78 is 0. The Hall–Kier alpha value is -1.64. The first kappa shape index (κ1) is 14.3. The Balaban J connectivity index is 1.86. The van der Waals surface area contributed by atoms with Crippen LogP contribution in [0, 0.1) is 0 Å². The number of nitrogens with zero attached hydrogens (tertiary/aromatic N) is 1. The molecule has 1 aliphatic rings. The van der Waals surface area contributed by atoms with Crippen molar-refractivity contribution in [2.24, 2.45) is 0 Å². The molecular weight excluding hydrogens is 256 g/mol. The minimum absolute atomic E-state index is 0.464. The number of hydrogen-bond donors (Lipinski definition) is 1. The number of nitrogens with one attached hydrogen (secondary N) is 1. The second-order valence-electron chi connectivity index (χ2n) is 5.76. The fourth-order valence-electron chi connectivity index (χ4n) is 3.18. The maximum absolute atomic E-state index is 3.40. The van der Waals surface area contributed by atoms with E-state index >= 15 is 0 Å². The van der Waals surface area contributed by atoms with Crippen molar-refractivity contribution in [2.45, 2.75) is 25.4 Å². The van der Waals surface area contributed by atoms with E-state index in [1.807, 2.05) is 0 Å². The zero-order chi connectivity index (χ0) is 14.5. The van der Waals surface area contributed by atoms with Crippen LogP contribution in [0.4, 0.5) is 0 Å². The van der Waals surface area contributed by atoms with Crippen molar-refractivity contribution in [3.63, 3.8) is 0 Å². The summed E-state index contributed by atoms with van der Waals surface area (Å²) in [6.45, 7) is 5.61. The van der Waals surface area contributed by atoms with Crippen molar-refractivity contribution in [3.8, 4) is 0 Å². The third kappa shape index (κ3) is 3.34. The van der Waals surface area contributed by atoms with Gasteiger partial charge in [-0.15, -0.1) is 0 Å². The second kappa shape index (κ2) is 6.88. The lowest BCUT2D eigenvalue weighted by molar-refractivity contribution is 0.100. The Labute approximate surface area is 127 Å². The van der Waals surface area contributed by atoms with Crippen LogP contribution in [0.1, 0.15) is 24.1 Å². The smallest absolute Gasteiger partial charge is 0.0392 e. The van der Waals surface area contributed by atoms with Crippen molar-refractivity contribution in [1.29, 1.82) is 0 Å². The van der Waals surface area contributed by atoms with E-state index in [1.165, 1.54) is 11.1 Å². The van der Waals surface area contributed by atoms with E-state index in [0.717, 1.165) is 26.1 Å². The molecule has 1 saturated heterocycles. The molecule has 0 aliphatic carbocycles. The quantitative estimate of drug-likeness (QED) is 0.873. The Kier molecular flexibility index (Phi) is 4.69. The van der Waals surface area contributed by atoms with Crippen LogP contribution >= 0.6 is 0 Å². The summed E-state index contributed by atoms with van der Waals surface area (Å²) in [4.78, 5) is 2.65. The summed E-state index contributed by atoms with van der Waals surface area (Å²) in [6.07, 6.45) is 1.08. The molecule has 1 unspecified atom stereocenters. The van der Waals surface area contributed by atoms with E-state index < -0.39 is 0 Å². The number of rotatable bonds is 6. The largest absolute Gasteiger partial charge is 0.314 e. The summed E-state index contributed by atoms with van der Waals surface area (Å²) in [6, 6.07) is 22.9. The molecule has 110 valence electrons. The van der Waals surface area contributed by atoms with Gasteiger partial charge in [0.25, 0.3) is 0 Å². The first-order valence-corrected chi connectivity index (χ1v) is 7.94. The van der Waals surface area contributed by atoms with Crippen molar-refractivity contribution in [3.05, 3.63) is 71.8 Å². The highest BCUT2D eigenvalue weighted by atomic mass is 15.2. The van der Waals surface area contributed by atoms with Gasteiger partial charge in [-0.1, -0.05) is 67.6 Å². The molecule has 0 saturated carbocycles. The molecule has 0 radical (unpaired) electrons. The standard InChI is InChI=1S/C19H24N2/c1-2-21(18-14-20-15-18)19(17-11-7-4-8-12-17)13-16-9-5-3-6-10-16/h3-12,18-20H,2,13-15H2,1H3. The maximum atomic E-state index is 3.40. The number of benzene rings is 2. The third-order valence-electron chi connectivity index (χ3n) is 4.45. The van der Waals surface area contributed by atoms with Gasteiger partial charge in [0.1, 0.15) is 0 Å². The molecule has 2 nitrogen and oxygen atoms in total. The number of likely N-dealkylation sites (N-methyl/N-ethyl adjacent to an activating group) is 1. The summed E-state index contributed by atoms with van der Waals surface area (Å²) in [5.41, 5.74) is 2.84. The summed E-state index contributed by atoms with van der Waals surface area (Å²) in [5.74, 6) is 0. The van der Waals surface area contributed by atoms with E-state index in [2.05, 4.69) is 77.8 Å². The molecular formula is C19H24N2. The van der Waals surface area contributed by atoms with Gasteiger partial charge in [-0.25, -0.2) is 0 Å². The maximum Gasteiger partial charge on any atom is 0.0392 e. The first-order chi connectivity index (χ1) is 10.4. The molecule has 0 amide bonds. The molecule has 1 heterocycles. The van der Waals surface area contributed by atoms with Crippen molar-refractivity contribution in [1.82, 2.24) is 10.2 Å². The lowest BCUT2D eigenvalue weighted by Gasteiger charge is -2.43. The first-order valence-electron chi connectivity index (χ1n) is 7.94. The monoisotopic (exact) mass is 280 g/mol. The highest BCUT2D eigenvalue weighted by Crippen LogP contribution is 2.27. The lowest BCUT2D eigenvalue weighted by atomic mass is 9.95. The van der Waals surface area contributed by atoms with Crippen LogP contribution in [0.25, 0.3) is 0 Å². The molecule has 3 rings (SSSR count). The van der Waals surface area contributed by atoms with Crippen LogP contribution in [-0.2, 0) is 6.42 Å². The molecule has 2 aromatic carbocycles. The van der Waals surface area contributed by atoms with Crippen LogP contribution in [0.5, 0.6) is 0 Å². The zero-order valence-corrected chi connectivity index (χ0v) is 12.7. The Bertz CT molecular complexity index is 534. The second-order valence-corrected chi connectivity index (χ2v) is 5.76. The average Bonchev–Trinajstić information content (AvgIpc) is 2.50.